The number of carboxylic acid groups (broad SMARTS) is 2. The number of thiazole rings is 1. The molecule has 236 valence electrons. The number of aliphatic carboxylic acids is 2. The molecule has 18 heteroatoms. The minimum Gasteiger partial charge on any atom is -0.543 e. The van der Waals surface area contributed by atoms with Crippen molar-refractivity contribution in [3.05, 3.63) is 51.9 Å². The number of hydrogen-bond donors (Lipinski definition) is 4. The summed E-state index contributed by atoms with van der Waals surface area (Å²) in [6, 6.07) is 5.12. The van der Waals surface area contributed by atoms with E-state index in [1.165, 1.54) is 18.7 Å². The van der Waals surface area contributed by atoms with E-state index in [0.29, 0.717) is 11.6 Å². The molecule has 6 rings (SSSR count). The molecule has 4 atom stereocenters. The van der Waals surface area contributed by atoms with Crippen LogP contribution in [0, 0.1) is 0 Å². The number of fused-ring (bicyclic) bond motifs is 2. The third kappa shape index (κ3) is 5.71. The van der Waals surface area contributed by atoms with Crippen molar-refractivity contribution >= 4 is 80.3 Å². The summed E-state index contributed by atoms with van der Waals surface area (Å²) < 4.78 is 4.16. The maximum absolute atomic E-state index is 13.3. The molecule has 0 aromatic carbocycles. The number of carboxylic acids is 2. The van der Waals surface area contributed by atoms with Crippen molar-refractivity contribution in [2.75, 3.05) is 24.6 Å². The summed E-state index contributed by atoms with van der Waals surface area (Å²) >= 11 is 8.32. The van der Waals surface area contributed by atoms with Crippen molar-refractivity contribution in [2.24, 2.45) is 5.16 Å². The van der Waals surface area contributed by atoms with Crippen LogP contribution in [0.2, 0.25) is 4.34 Å². The molecule has 0 aliphatic carbocycles. The lowest BCUT2D eigenvalue weighted by molar-refractivity contribution is -0.663. The number of carbonyl (C=O) groups excluding carboxylic acids is 3. The number of aromatic nitrogens is 3. The minimum absolute atomic E-state index is 0.00355. The van der Waals surface area contributed by atoms with Crippen molar-refractivity contribution in [2.45, 2.75) is 43.5 Å². The molecular formula is C27H27ClN8O7S2. The van der Waals surface area contributed by atoms with Crippen molar-refractivity contribution in [1.82, 2.24) is 25.1 Å². The maximum Gasteiger partial charge on any atom is 0.347 e. The largest absolute Gasteiger partial charge is 0.543 e. The second kappa shape index (κ2) is 12.3. The Morgan fingerprint density at radius 1 is 1.40 bits per heavy atom. The number of β-lactam (4-membered cyclic amide) rings is 1. The van der Waals surface area contributed by atoms with Gasteiger partial charge in [0.1, 0.15) is 27.0 Å². The number of nitrogen functional groups attached to an aromatic ring is 1. The van der Waals surface area contributed by atoms with Crippen LogP contribution in [0.4, 0.5) is 5.13 Å². The number of amides is 2. The summed E-state index contributed by atoms with van der Waals surface area (Å²) in [4.78, 5) is 60.3. The van der Waals surface area contributed by atoms with Crippen molar-refractivity contribution in [1.29, 1.82) is 0 Å². The zero-order chi connectivity index (χ0) is 32.0. The van der Waals surface area contributed by atoms with E-state index in [1.807, 2.05) is 35.2 Å². The molecule has 15 nitrogen and oxygen atoms in total. The Kier molecular flexibility index (Phi) is 8.43. The summed E-state index contributed by atoms with van der Waals surface area (Å²) in [6.45, 7) is 3.24. The number of thioether (sulfide) groups is 1. The molecule has 2 amide bonds. The lowest BCUT2D eigenvalue weighted by atomic mass is 10.0. The van der Waals surface area contributed by atoms with Crippen LogP contribution in [0.15, 0.2) is 47.0 Å². The summed E-state index contributed by atoms with van der Waals surface area (Å²) in [7, 11) is 0. The van der Waals surface area contributed by atoms with Crippen LogP contribution in [-0.2, 0) is 30.6 Å². The number of nitrogens with two attached hydrogens (primary N) is 1. The van der Waals surface area contributed by atoms with Gasteiger partial charge in [0, 0.05) is 42.2 Å². The summed E-state index contributed by atoms with van der Waals surface area (Å²) in [5, 5.41) is 30.4. The highest BCUT2D eigenvalue weighted by atomic mass is 35.5. The average molecular weight is 675 g/mol. The number of carbonyl (C=O) groups is 4. The van der Waals surface area contributed by atoms with E-state index in [4.69, 9.17) is 27.3 Å². The number of oxime groups is 1. The zero-order valence-corrected chi connectivity index (χ0v) is 26.0. The molecule has 0 spiro atoms. The molecule has 6 heterocycles. The molecule has 3 aliphatic heterocycles. The fourth-order valence-corrected chi connectivity index (χ4v) is 7.82. The van der Waals surface area contributed by atoms with Crippen LogP contribution in [-0.4, -0.2) is 85.4 Å². The Hall–Kier alpha value is -4.19. The van der Waals surface area contributed by atoms with Gasteiger partial charge in [0.2, 0.25) is 11.6 Å². The number of nitrogens with zero attached hydrogens (tertiary/aromatic N) is 5. The fraction of sp³-hybridized carbons (Fsp3) is 0.370. The Morgan fingerprint density at radius 3 is 2.87 bits per heavy atom. The maximum atomic E-state index is 13.3. The monoisotopic (exact) mass is 674 g/mol. The number of hydrogen-bond acceptors (Lipinski definition) is 12. The molecule has 3 aliphatic rings. The number of anilines is 1. The van der Waals surface area contributed by atoms with Crippen LogP contribution in [0.1, 0.15) is 25.1 Å². The highest BCUT2D eigenvalue weighted by Crippen LogP contribution is 2.40. The Bertz CT molecular complexity index is 1780. The van der Waals surface area contributed by atoms with E-state index >= 15 is 0 Å². The van der Waals surface area contributed by atoms with Gasteiger partial charge in [-0.2, -0.15) is 4.57 Å². The molecule has 45 heavy (non-hydrogen) atoms. The van der Waals surface area contributed by atoms with E-state index < -0.39 is 47.0 Å². The number of halogens is 1. The van der Waals surface area contributed by atoms with Crippen LogP contribution in [0.25, 0.3) is 11.0 Å². The normalized spacial score (nSPS) is 22.3. The van der Waals surface area contributed by atoms with Gasteiger partial charge in [-0.1, -0.05) is 28.1 Å². The van der Waals surface area contributed by atoms with Crippen molar-refractivity contribution in [3.8, 4) is 0 Å². The zero-order valence-electron chi connectivity index (χ0n) is 23.6. The first kappa shape index (κ1) is 30.8. The van der Waals surface area contributed by atoms with Gasteiger partial charge in [-0.3, -0.25) is 14.5 Å². The van der Waals surface area contributed by atoms with Crippen LogP contribution in [0.5, 0.6) is 0 Å². The topological polar surface area (TPSA) is 208 Å². The molecule has 0 saturated carbocycles. The predicted molar refractivity (Wildman–Crippen MR) is 162 cm³/mol. The van der Waals surface area contributed by atoms with Crippen molar-refractivity contribution in [3.63, 3.8) is 0 Å². The molecule has 2 fully saturated rings. The first-order chi connectivity index (χ1) is 21.5. The van der Waals surface area contributed by atoms with E-state index in [2.05, 4.69) is 25.3 Å². The van der Waals surface area contributed by atoms with E-state index in [0.717, 1.165) is 46.8 Å². The SMILES string of the molecule is C[C@@H](O/N=C(\C(=O)N[C@@H]1C(=O)N2C(C(=O)[O-])=C(C[n+]3cccc4c3ccn4[C@H]3CCNC3)CS[C@H]12)c1nc(N)sc1Cl)C(=O)O. The van der Waals surface area contributed by atoms with Crippen LogP contribution >= 0.6 is 34.7 Å². The molecule has 0 radical (unpaired) electrons. The number of rotatable bonds is 10. The smallest absolute Gasteiger partial charge is 0.347 e. The fourth-order valence-electron chi connectivity index (χ4n) is 5.56. The molecule has 2 saturated heterocycles. The van der Waals surface area contributed by atoms with Crippen LogP contribution in [0.3, 0.4) is 0 Å². The Morgan fingerprint density at radius 2 is 2.20 bits per heavy atom. The highest BCUT2D eigenvalue weighted by Gasteiger charge is 2.53. The Labute approximate surface area is 268 Å². The van der Waals surface area contributed by atoms with Gasteiger partial charge < -0.3 is 40.8 Å². The third-order valence-electron chi connectivity index (χ3n) is 7.77. The summed E-state index contributed by atoms with van der Waals surface area (Å²) in [6.07, 6.45) is 3.50. The summed E-state index contributed by atoms with van der Waals surface area (Å²) in [5.41, 5.74) is 7.26. The van der Waals surface area contributed by atoms with Gasteiger partial charge in [-0.15, -0.1) is 11.8 Å². The standard InChI is InChI=1S/C27H27ClN8O7S2/c1-12(25(39)40)43-33-18(17-21(28)45-27(29)32-17)22(37)31-19-23(38)36-20(26(41)42)13(11-44-24(19)36)10-34-7-2-3-16-15(34)5-8-35(16)14-4-6-30-9-14/h2-3,5,7-8,12,14,19,24,30H,4,6,9-11H2,1H3,(H4-,29,31,32,37,39,40,41,42)/b33-18-/t12-,14+,19-,24-/m1/s1. The van der Waals surface area contributed by atoms with Gasteiger partial charge in [0.15, 0.2) is 23.6 Å². The van der Waals surface area contributed by atoms with Gasteiger partial charge >= 0.3 is 5.97 Å². The van der Waals surface area contributed by atoms with Gasteiger partial charge in [0.05, 0.1) is 11.7 Å². The molecule has 0 unspecified atom stereocenters. The average Bonchev–Trinajstić information content (AvgIpc) is 3.76. The first-order valence-electron chi connectivity index (χ1n) is 13.8. The quantitative estimate of drug-likeness (QED) is 0.0929. The number of nitrogens with one attached hydrogen (secondary N) is 2. The second-order valence-electron chi connectivity index (χ2n) is 10.6. The highest BCUT2D eigenvalue weighted by molar-refractivity contribution is 8.00. The molecule has 3 aromatic heterocycles. The molecular weight excluding hydrogens is 648 g/mol. The molecule has 0 bridgehead atoms. The number of pyridine rings is 1. The lowest BCUT2D eigenvalue weighted by Crippen LogP contribution is -2.71. The van der Waals surface area contributed by atoms with Gasteiger partial charge in [-0.05, 0) is 26.0 Å². The van der Waals surface area contributed by atoms with E-state index in [9.17, 15) is 24.3 Å². The lowest BCUT2D eigenvalue weighted by Gasteiger charge is -2.50. The molecule has 5 N–H and O–H groups in total. The van der Waals surface area contributed by atoms with E-state index in [-0.39, 0.29) is 33.2 Å². The predicted octanol–water partition coefficient (Wildman–Crippen LogP) is -0.547. The third-order valence-corrected chi connectivity index (χ3v) is 10.2. The van der Waals surface area contributed by atoms with Gasteiger partial charge in [-0.25, -0.2) is 9.78 Å². The second-order valence-corrected chi connectivity index (χ2v) is 13.3. The summed E-state index contributed by atoms with van der Waals surface area (Å²) in [5.74, 6) is -4.18. The van der Waals surface area contributed by atoms with Crippen molar-refractivity contribution < 1.29 is 38.8 Å². The Balaban J connectivity index is 1.23. The van der Waals surface area contributed by atoms with Crippen LogP contribution < -0.4 is 26.0 Å². The molecule has 3 aromatic rings. The minimum atomic E-state index is -1.50. The first-order valence-corrected chi connectivity index (χ1v) is 16.1. The van der Waals surface area contributed by atoms with Gasteiger partial charge in [0.25, 0.3) is 11.8 Å². The van der Waals surface area contributed by atoms with E-state index in [1.54, 1.807) is 0 Å².